The lowest BCUT2D eigenvalue weighted by Gasteiger charge is -2.26. The fourth-order valence-corrected chi connectivity index (χ4v) is 2.56. The Labute approximate surface area is 127 Å². The van der Waals surface area contributed by atoms with Gasteiger partial charge in [0, 0.05) is 12.1 Å². The van der Waals surface area contributed by atoms with Gasteiger partial charge in [-0.15, -0.1) is 0 Å². The summed E-state index contributed by atoms with van der Waals surface area (Å²) >= 11 is 0. The number of furan rings is 1. The van der Waals surface area contributed by atoms with Crippen LogP contribution < -0.4 is 10.6 Å². The molecule has 0 spiro atoms. The monoisotopic (exact) mass is 293 g/mol. The maximum Gasteiger partial charge on any atom is 0.234 e. The van der Waals surface area contributed by atoms with Gasteiger partial charge in [0.25, 0.3) is 0 Å². The first-order valence-corrected chi connectivity index (χ1v) is 7.75. The second kappa shape index (κ2) is 7.09. The van der Waals surface area contributed by atoms with E-state index in [1.165, 1.54) is 12.8 Å². The summed E-state index contributed by atoms with van der Waals surface area (Å²) in [5.41, 5.74) is -0.0489. The van der Waals surface area contributed by atoms with Crippen LogP contribution in [0.5, 0.6) is 0 Å². The highest BCUT2D eigenvalue weighted by atomic mass is 16.3. The number of amides is 1. The van der Waals surface area contributed by atoms with Crippen LogP contribution in [0.2, 0.25) is 0 Å². The van der Waals surface area contributed by atoms with Gasteiger partial charge in [-0.2, -0.15) is 0 Å². The molecular weight excluding hydrogens is 266 g/mol. The number of nitrogens with zero attached hydrogens (tertiary/aromatic N) is 1. The Kier molecular flexibility index (Phi) is 5.42. The minimum Gasteiger partial charge on any atom is -0.468 e. The van der Waals surface area contributed by atoms with Gasteiger partial charge in [-0.1, -0.05) is 0 Å². The second-order valence-electron chi connectivity index (χ2n) is 6.68. The standard InChI is InChI=1S/C16H27N3O2/c1-16(2,3)18-12-15(20)17-11-13(14-7-6-10-21-14)19-8-4-5-9-19/h6-7,10,13,18H,4-5,8-9,11-12H2,1-3H3,(H,17,20). The minimum atomic E-state index is -0.0489. The first-order valence-electron chi connectivity index (χ1n) is 7.75. The molecule has 5 nitrogen and oxygen atoms in total. The first kappa shape index (κ1) is 16.0. The molecule has 1 saturated heterocycles. The third-order valence-corrected chi connectivity index (χ3v) is 3.72. The molecule has 21 heavy (non-hydrogen) atoms. The summed E-state index contributed by atoms with van der Waals surface area (Å²) in [7, 11) is 0. The van der Waals surface area contributed by atoms with Crippen molar-refractivity contribution < 1.29 is 9.21 Å². The van der Waals surface area contributed by atoms with Gasteiger partial charge in [-0.25, -0.2) is 0 Å². The summed E-state index contributed by atoms with van der Waals surface area (Å²) in [4.78, 5) is 14.3. The molecule has 1 amide bonds. The highest BCUT2D eigenvalue weighted by Crippen LogP contribution is 2.24. The molecule has 118 valence electrons. The molecule has 1 aromatic rings. The lowest BCUT2D eigenvalue weighted by molar-refractivity contribution is -0.120. The van der Waals surface area contributed by atoms with E-state index in [1.54, 1.807) is 6.26 Å². The summed E-state index contributed by atoms with van der Waals surface area (Å²) in [6, 6.07) is 4.03. The highest BCUT2D eigenvalue weighted by Gasteiger charge is 2.25. The molecule has 2 N–H and O–H groups in total. The third-order valence-electron chi connectivity index (χ3n) is 3.72. The fraction of sp³-hybridized carbons (Fsp3) is 0.688. The van der Waals surface area contributed by atoms with Gasteiger partial charge in [0.1, 0.15) is 5.76 Å². The van der Waals surface area contributed by atoms with Gasteiger partial charge in [-0.05, 0) is 58.8 Å². The number of likely N-dealkylation sites (tertiary alicyclic amines) is 1. The average molecular weight is 293 g/mol. The largest absolute Gasteiger partial charge is 0.468 e. The SMILES string of the molecule is CC(C)(C)NCC(=O)NCC(c1ccco1)N1CCCC1. The van der Waals surface area contributed by atoms with Crippen LogP contribution in [0.4, 0.5) is 0 Å². The van der Waals surface area contributed by atoms with Gasteiger partial charge in [-0.3, -0.25) is 9.69 Å². The average Bonchev–Trinajstić information content (AvgIpc) is 3.09. The summed E-state index contributed by atoms with van der Waals surface area (Å²) in [5, 5.41) is 6.22. The van der Waals surface area contributed by atoms with Gasteiger partial charge in [0.05, 0.1) is 18.8 Å². The third kappa shape index (κ3) is 5.17. The van der Waals surface area contributed by atoms with E-state index in [1.807, 2.05) is 12.1 Å². The van der Waals surface area contributed by atoms with Gasteiger partial charge in [0.15, 0.2) is 0 Å². The number of hydrogen-bond donors (Lipinski definition) is 2. The normalized spacial score (nSPS) is 17.9. The summed E-state index contributed by atoms with van der Waals surface area (Å²) in [6.45, 7) is 9.23. The molecule has 2 rings (SSSR count). The molecule has 0 saturated carbocycles. The van der Waals surface area contributed by atoms with Crippen molar-refractivity contribution in [2.75, 3.05) is 26.2 Å². The lowest BCUT2D eigenvalue weighted by atomic mass is 10.1. The second-order valence-corrected chi connectivity index (χ2v) is 6.68. The van der Waals surface area contributed by atoms with E-state index in [0.29, 0.717) is 13.1 Å². The molecule has 0 aliphatic carbocycles. The topological polar surface area (TPSA) is 57.5 Å². The molecule has 1 aromatic heterocycles. The highest BCUT2D eigenvalue weighted by molar-refractivity contribution is 5.78. The quantitative estimate of drug-likeness (QED) is 0.841. The van der Waals surface area contributed by atoms with Crippen molar-refractivity contribution in [3.05, 3.63) is 24.2 Å². The molecule has 1 aliphatic rings. The maximum absolute atomic E-state index is 12.0. The first-order chi connectivity index (χ1) is 9.96. The number of nitrogens with one attached hydrogen (secondary N) is 2. The molecule has 1 fully saturated rings. The van der Waals surface area contributed by atoms with E-state index in [9.17, 15) is 4.79 Å². The Morgan fingerprint density at radius 1 is 1.38 bits per heavy atom. The van der Waals surface area contributed by atoms with Crippen molar-refractivity contribution >= 4 is 5.91 Å². The molecule has 0 aromatic carbocycles. The van der Waals surface area contributed by atoms with E-state index in [-0.39, 0.29) is 17.5 Å². The maximum atomic E-state index is 12.0. The van der Waals surface area contributed by atoms with Crippen LogP contribution in [-0.2, 0) is 4.79 Å². The molecule has 0 radical (unpaired) electrons. The zero-order chi connectivity index (χ0) is 15.3. The van der Waals surface area contributed by atoms with Crippen LogP contribution in [0.1, 0.15) is 45.4 Å². The smallest absolute Gasteiger partial charge is 0.234 e. The molecule has 1 atom stereocenters. The van der Waals surface area contributed by atoms with Crippen LogP contribution >= 0.6 is 0 Å². The van der Waals surface area contributed by atoms with Gasteiger partial charge < -0.3 is 15.1 Å². The van der Waals surface area contributed by atoms with Crippen molar-refractivity contribution in [3.63, 3.8) is 0 Å². The van der Waals surface area contributed by atoms with Crippen molar-refractivity contribution in [3.8, 4) is 0 Å². The van der Waals surface area contributed by atoms with Crippen LogP contribution in [-0.4, -0.2) is 42.5 Å². The number of carbonyl (C=O) groups is 1. The Hall–Kier alpha value is -1.33. The Balaban J connectivity index is 1.86. The molecule has 2 heterocycles. The van der Waals surface area contributed by atoms with Crippen LogP contribution in [0.25, 0.3) is 0 Å². The van der Waals surface area contributed by atoms with Gasteiger partial charge >= 0.3 is 0 Å². The molecular formula is C16H27N3O2. The Morgan fingerprint density at radius 2 is 2.10 bits per heavy atom. The van der Waals surface area contributed by atoms with Crippen molar-refractivity contribution in [2.45, 2.75) is 45.2 Å². The summed E-state index contributed by atoms with van der Waals surface area (Å²) < 4.78 is 5.55. The van der Waals surface area contributed by atoms with Crippen molar-refractivity contribution in [1.29, 1.82) is 0 Å². The number of carbonyl (C=O) groups excluding carboxylic acids is 1. The van der Waals surface area contributed by atoms with Crippen LogP contribution in [0.3, 0.4) is 0 Å². The van der Waals surface area contributed by atoms with Crippen LogP contribution in [0, 0.1) is 0 Å². The van der Waals surface area contributed by atoms with Gasteiger partial charge in [0.2, 0.25) is 5.91 Å². The summed E-state index contributed by atoms with van der Waals surface area (Å²) in [6.07, 6.45) is 4.13. The molecule has 1 aliphatic heterocycles. The molecule has 5 heteroatoms. The molecule has 0 bridgehead atoms. The Morgan fingerprint density at radius 3 is 2.67 bits per heavy atom. The van der Waals surface area contributed by atoms with E-state index >= 15 is 0 Å². The zero-order valence-electron chi connectivity index (χ0n) is 13.3. The lowest BCUT2D eigenvalue weighted by Crippen LogP contribution is -2.45. The predicted octanol–water partition coefficient (Wildman–Crippen LogP) is 1.92. The van der Waals surface area contributed by atoms with E-state index in [4.69, 9.17) is 4.42 Å². The van der Waals surface area contributed by atoms with Crippen molar-refractivity contribution in [2.24, 2.45) is 0 Å². The Bertz CT molecular complexity index is 431. The zero-order valence-corrected chi connectivity index (χ0v) is 13.3. The molecule has 1 unspecified atom stereocenters. The summed E-state index contributed by atoms with van der Waals surface area (Å²) in [5.74, 6) is 0.960. The number of hydrogen-bond acceptors (Lipinski definition) is 4. The minimum absolute atomic E-state index is 0.0284. The van der Waals surface area contributed by atoms with E-state index < -0.39 is 0 Å². The van der Waals surface area contributed by atoms with E-state index in [2.05, 4.69) is 36.3 Å². The fourth-order valence-electron chi connectivity index (χ4n) is 2.56. The van der Waals surface area contributed by atoms with Crippen LogP contribution in [0.15, 0.2) is 22.8 Å². The number of rotatable bonds is 6. The van der Waals surface area contributed by atoms with E-state index in [0.717, 1.165) is 18.8 Å². The predicted molar refractivity (Wildman–Crippen MR) is 83.0 cm³/mol. The van der Waals surface area contributed by atoms with Crippen molar-refractivity contribution in [1.82, 2.24) is 15.5 Å².